The number of fused-ring (bicyclic) bond motifs is 1. The average molecular weight is 379 g/mol. The van der Waals surface area contributed by atoms with Crippen molar-refractivity contribution in [3.05, 3.63) is 64.1 Å². The van der Waals surface area contributed by atoms with Crippen LogP contribution in [0.1, 0.15) is 42.3 Å². The summed E-state index contributed by atoms with van der Waals surface area (Å²) in [7, 11) is 0. The number of anilines is 2. The molecule has 4 rings (SSSR count). The largest absolute Gasteiger partial charge is 0.431 e. The molecule has 0 radical (unpaired) electrons. The van der Waals surface area contributed by atoms with Crippen LogP contribution in [0.4, 0.5) is 17.7 Å². The number of rotatable bonds is 5. The van der Waals surface area contributed by atoms with Crippen LogP contribution in [-0.2, 0) is 19.5 Å². The van der Waals surface area contributed by atoms with E-state index in [9.17, 15) is 4.91 Å². The van der Waals surface area contributed by atoms with E-state index in [0.717, 1.165) is 29.0 Å². The second-order valence-electron chi connectivity index (χ2n) is 7.28. The zero-order chi connectivity index (χ0) is 19.7. The van der Waals surface area contributed by atoms with Gasteiger partial charge in [-0.2, -0.15) is 4.98 Å². The standard InChI is InChI=1S/C20H23N6O2/c1-13(2)14-3-5-17(6-4-14)26(27)11-16-12-28-20(23-16)25-8-7-18-15(10-25)9-22-19(21)24-18/h3-6,9,12-13H,7-8,10-11H2,1-2H3,(H2,21,22,24)/q+1. The van der Waals surface area contributed by atoms with E-state index in [1.54, 1.807) is 6.20 Å². The zero-order valence-electron chi connectivity index (χ0n) is 16.0. The Morgan fingerprint density at radius 1 is 1.25 bits per heavy atom. The van der Waals surface area contributed by atoms with Gasteiger partial charge in [0.2, 0.25) is 12.5 Å². The summed E-state index contributed by atoms with van der Waals surface area (Å²) in [5.74, 6) is 0.728. The maximum atomic E-state index is 12.5. The van der Waals surface area contributed by atoms with Gasteiger partial charge in [-0.3, -0.25) is 0 Å². The van der Waals surface area contributed by atoms with Crippen LogP contribution in [-0.4, -0.2) is 26.3 Å². The predicted octanol–water partition coefficient (Wildman–Crippen LogP) is 3.34. The van der Waals surface area contributed by atoms with Crippen molar-refractivity contribution in [1.82, 2.24) is 15.0 Å². The molecule has 8 nitrogen and oxygen atoms in total. The maximum absolute atomic E-state index is 12.5. The molecular weight excluding hydrogens is 356 g/mol. The lowest BCUT2D eigenvalue weighted by Crippen LogP contribution is -2.31. The molecule has 0 saturated carbocycles. The predicted molar refractivity (Wildman–Crippen MR) is 105 cm³/mol. The molecule has 0 atom stereocenters. The van der Waals surface area contributed by atoms with Crippen molar-refractivity contribution < 1.29 is 9.18 Å². The highest BCUT2D eigenvalue weighted by atomic mass is 16.4. The van der Waals surface area contributed by atoms with Gasteiger partial charge < -0.3 is 15.1 Å². The van der Waals surface area contributed by atoms with Gasteiger partial charge in [0, 0.05) is 46.5 Å². The Bertz CT molecular complexity index is 996. The molecule has 1 aliphatic heterocycles. The molecule has 1 aromatic carbocycles. The highest BCUT2D eigenvalue weighted by Gasteiger charge is 2.24. The Balaban J connectivity index is 1.43. The van der Waals surface area contributed by atoms with Crippen LogP contribution in [0, 0.1) is 4.91 Å². The molecule has 0 bridgehead atoms. The Morgan fingerprint density at radius 2 is 2.04 bits per heavy atom. The minimum Gasteiger partial charge on any atom is -0.431 e. The molecule has 0 unspecified atom stereocenters. The van der Waals surface area contributed by atoms with Gasteiger partial charge in [-0.25, -0.2) is 9.97 Å². The first kappa shape index (κ1) is 18.1. The van der Waals surface area contributed by atoms with Crippen molar-refractivity contribution >= 4 is 17.7 Å². The van der Waals surface area contributed by atoms with Gasteiger partial charge >= 0.3 is 0 Å². The molecule has 0 amide bonds. The van der Waals surface area contributed by atoms with E-state index < -0.39 is 0 Å². The van der Waals surface area contributed by atoms with E-state index in [2.05, 4.69) is 28.8 Å². The molecule has 0 fully saturated rings. The van der Waals surface area contributed by atoms with Gasteiger partial charge in [-0.05, 0) is 11.5 Å². The third-order valence-corrected chi connectivity index (χ3v) is 4.92. The van der Waals surface area contributed by atoms with Crippen LogP contribution < -0.4 is 10.6 Å². The fraction of sp³-hybridized carbons (Fsp3) is 0.350. The van der Waals surface area contributed by atoms with Crippen molar-refractivity contribution in [3.8, 4) is 0 Å². The minimum atomic E-state index is 0.134. The lowest BCUT2D eigenvalue weighted by molar-refractivity contribution is -0.480. The lowest BCUT2D eigenvalue weighted by atomic mass is 10.0. The molecule has 8 heteroatoms. The van der Waals surface area contributed by atoms with Crippen LogP contribution >= 0.6 is 0 Å². The third kappa shape index (κ3) is 3.71. The summed E-state index contributed by atoms with van der Waals surface area (Å²) >= 11 is 0. The monoisotopic (exact) mass is 379 g/mol. The Hall–Kier alpha value is -3.29. The first-order valence-corrected chi connectivity index (χ1v) is 9.34. The molecule has 2 N–H and O–H groups in total. The second-order valence-corrected chi connectivity index (χ2v) is 7.28. The Kier molecular flexibility index (Phi) is 4.77. The van der Waals surface area contributed by atoms with Gasteiger partial charge in [0.1, 0.15) is 6.26 Å². The van der Waals surface area contributed by atoms with Gasteiger partial charge in [-0.15, -0.1) is 0 Å². The summed E-state index contributed by atoms with van der Waals surface area (Å²) in [4.78, 5) is 27.3. The van der Waals surface area contributed by atoms with E-state index in [0.29, 0.717) is 35.8 Å². The molecule has 2 aromatic heterocycles. The lowest BCUT2D eigenvalue weighted by Gasteiger charge is -2.26. The molecule has 0 spiro atoms. The third-order valence-electron chi connectivity index (χ3n) is 4.92. The number of aromatic nitrogens is 3. The van der Waals surface area contributed by atoms with E-state index >= 15 is 0 Å². The number of hydrogen-bond acceptors (Lipinski definition) is 7. The van der Waals surface area contributed by atoms with Gasteiger partial charge in [0.05, 0.1) is 12.2 Å². The number of nitrogens with zero attached hydrogens (tertiary/aromatic N) is 5. The van der Waals surface area contributed by atoms with Crippen LogP contribution in [0.5, 0.6) is 0 Å². The molecule has 1 aliphatic rings. The highest BCUT2D eigenvalue weighted by Crippen LogP contribution is 2.24. The summed E-state index contributed by atoms with van der Waals surface area (Å²) in [6.07, 6.45) is 4.03. The summed E-state index contributed by atoms with van der Waals surface area (Å²) in [5, 5.41) is 0. The normalized spacial score (nSPS) is 13.6. The number of nitrogens with two attached hydrogens (primary N) is 1. The van der Waals surface area contributed by atoms with E-state index in [1.807, 2.05) is 29.2 Å². The van der Waals surface area contributed by atoms with Gasteiger partial charge in [-0.1, -0.05) is 26.0 Å². The Morgan fingerprint density at radius 3 is 2.79 bits per heavy atom. The molecule has 28 heavy (non-hydrogen) atoms. The van der Waals surface area contributed by atoms with Crippen molar-refractivity contribution in [2.24, 2.45) is 0 Å². The van der Waals surface area contributed by atoms with Crippen LogP contribution in [0.2, 0.25) is 0 Å². The second kappa shape index (κ2) is 7.38. The smallest absolute Gasteiger partial charge is 0.297 e. The van der Waals surface area contributed by atoms with Crippen LogP contribution in [0.3, 0.4) is 0 Å². The molecular formula is C20H23N6O2+. The topological polar surface area (TPSA) is 101 Å². The molecule has 0 saturated heterocycles. The quantitative estimate of drug-likeness (QED) is 0.678. The van der Waals surface area contributed by atoms with E-state index in [4.69, 9.17) is 10.2 Å². The number of hydrogen-bond donors (Lipinski definition) is 1. The highest BCUT2D eigenvalue weighted by molar-refractivity contribution is 5.37. The average Bonchev–Trinajstić information content (AvgIpc) is 3.16. The van der Waals surface area contributed by atoms with Crippen molar-refractivity contribution in [2.45, 2.75) is 39.3 Å². The minimum absolute atomic E-state index is 0.134. The van der Waals surface area contributed by atoms with Crippen molar-refractivity contribution in [3.63, 3.8) is 0 Å². The van der Waals surface area contributed by atoms with Crippen molar-refractivity contribution in [2.75, 3.05) is 17.2 Å². The van der Waals surface area contributed by atoms with Gasteiger partial charge in [0.15, 0.2) is 5.69 Å². The fourth-order valence-electron chi connectivity index (χ4n) is 3.27. The van der Waals surface area contributed by atoms with E-state index in [-0.39, 0.29) is 6.54 Å². The number of nitroso groups, excluding NO2 is 1. The van der Waals surface area contributed by atoms with Gasteiger partial charge in [0.25, 0.3) is 11.7 Å². The first-order chi connectivity index (χ1) is 13.5. The Labute approximate surface area is 163 Å². The van der Waals surface area contributed by atoms with Crippen LogP contribution in [0.25, 0.3) is 0 Å². The number of oxazole rings is 1. The summed E-state index contributed by atoms with van der Waals surface area (Å²) in [5.41, 5.74) is 10.0. The van der Waals surface area contributed by atoms with Crippen molar-refractivity contribution in [1.29, 1.82) is 0 Å². The first-order valence-electron chi connectivity index (χ1n) is 9.34. The maximum Gasteiger partial charge on any atom is 0.297 e. The summed E-state index contributed by atoms with van der Waals surface area (Å²) in [6, 6.07) is 8.16. The van der Waals surface area contributed by atoms with E-state index in [1.165, 1.54) is 11.8 Å². The summed E-state index contributed by atoms with van der Waals surface area (Å²) in [6.45, 7) is 5.71. The summed E-state index contributed by atoms with van der Waals surface area (Å²) < 4.78 is 6.54. The zero-order valence-corrected chi connectivity index (χ0v) is 16.0. The SMILES string of the molecule is CC(C)c1ccc([N+](=O)Cc2coc(N3CCc4nc(N)ncc4C3)n2)cc1. The molecule has 3 aromatic rings. The number of nitrogen functional groups attached to an aromatic ring is 1. The molecule has 3 heterocycles. The fourth-order valence-corrected chi connectivity index (χ4v) is 3.27. The molecule has 144 valence electrons. The molecule has 0 aliphatic carbocycles. The number of benzene rings is 1. The van der Waals surface area contributed by atoms with Crippen LogP contribution in [0.15, 0.2) is 41.1 Å².